The third kappa shape index (κ3) is 2.49. The first-order valence-electron chi connectivity index (χ1n) is 3.30. The van der Waals surface area contributed by atoms with Crippen molar-refractivity contribution in [2.75, 3.05) is 10.8 Å². The van der Waals surface area contributed by atoms with Crippen molar-refractivity contribution < 1.29 is 0 Å². The molecule has 0 aliphatic rings. The van der Waals surface area contributed by atoms with Crippen LogP contribution in [-0.4, -0.2) is 5.45 Å². The van der Waals surface area contributed by atoms with Gasteiger partial charge in [-0.1, -0.05) is 31.9 Å². The lowest BCUT2D eigenvalue weighted by atomic mass is 10.2. The molecule has 11 heavy (non-hydrogen) atoms. The summed E-state index contributed by atoms with van der Waals surface area (Å²) in [5.74, 6) is 0. The molecule has 0 unspecified atom stereocenters. The number of nitrogens with one attached hydrogen (secondary N) is 1. The number of halogens is 2. The van der Waals surface area contributed by atoms with Crippen LogP contribution in [0.15, 0.2) is 22.7 Å². The second-order valence-electron chi connectivity index (χ2n) is 2.27. The van der Waals surface area contributed by atoms with E-state index in [9.17, 15) is 0 Å². The Kier molecular flexibility index (Phi) is 3.40. The summed E-state index contributed by atoms with van der Waals surface area (Å²) >= 11 is 6.72. The number of aryl methyl sites for hydroxylation is 1. The fourth-order valence-electron chi connectivity index (χ4n) is 0.897. The fraction of sp³-hybridized carbons (Fsp3) is 0.250. The molecule has 0 aliphatic heterocycles. The first kappa shape index (κ1) is 9.07. The third-order valence-corrected chi connectivity index (χ3v) is 2.22. The summed E-state index contributed by atoms with van der Waals surface area (Å²) in [5.41, 5.74) is 3.21. The van der Waals surface area contributed by atoms with Gasteiger partial charge in [-0.25, -0.2) is 0 Å². The summed E-state index contributed by atoms with van der Waals surface area (Å²) in [6.45, 7) is 2.08. The van der Waals surface area contributed by atoms with Gasteiger partial charge in [0, 0.05) is 10.2 Å². The first-order valence-corrected chi connectivity index (χ1v) is 5.21. The second-order valence-corrected chi connectivity index (χ2v) is 3.75. The van der Waals surface area contributed by atoms with E-state index in [0.29, 0.717) is 0 Å². The van der Waals surface area contributed by atoms with Crippen molar-refractivity contribution in [1.82, 2.24) is 0 Å². The van der Waals surface area contributed by atoms with Crippen LogP contribution in [0.2, 0.25) is 0 Å². The Balaban J connectivity index is 2.90. The predicted octanol–water partition coefficient (Wildman–Crippen LogP) is 3.52. The number of alkyl halides is 1. The van der Waals surface area contributed by atoms with Crippen LogP contribution in [0.4, 0.5) is 5.69 Å². The minimum atomic E-state index is 0.787. The van der Waals surface area contributed by atoms with E-state index in [2.05, 4.69) is 56.2 Å². The SMILES string of the molecule is Cc1cc(Br)ccc1NCBr. The zero-order valence-corrected chi connectivity index (χ0v) is 9.37. The average molecular weight is 279 g/mol. The van der Waals surface area contributed by atoms with Gasteiger partial charge in [0.2, 0.25) is 0 Å². The Labute approximate surface area is 83.4 Å². The molecule has 0 atom stereocenters. The largest absolute Gasteiger partial charge is 0.375 e. The van der Waals surface area contributed by atoms with Crippen LogP contribution in [0.1, 0.15) is 5.56 Å². The summed E-state index contributed by atoms with van der Waals surface area (Å²) in [6, 6.07) is 6.17. The van der Waals surface area contributed by atoms with Gasteiger partial charge in [-0.2, -0.15) is 0 Å². The summed E-state index contributed by atoms with van der Waals surface area (Å²) < 4.78 is 1.12. The molecular weight excluding hydrogens is 270 g/mol. The summed E-state index contributed by atoms with van der Waals surface area (Å²) in [6.07, 6.45) is 0. The Morgan fingerprint density at radius 2 is 2.18 bits per heavy atom. The minimum absolute atomic E-state index is 0.787. The normalized spacial score (nSPS) is 9.73. The van der Waals surface area contributed by atoms with Crippen molar-refractivity contribution in [3.05, 3.63) is 28.2 Å². The van der Waals surface area contributed by atoms with E-state index in [1.165, 1.54) is 11.3 Å². The van der Waals surface area contributed by atoms with Crippen molar-refractivity contribution in [2.45, 2.75) is 6.92 Å². The van der Waals surface area contributed by atoms with Crippen molar-refractivity contribution in [3.63, 3.8) is 0 Å². The molecule has 1 aromatic rings. The van der Waals surface area contributed by atoms with Crippen LogP contribution in [-0.2, 0) is 0 Å². The lowest BCUT2D eigenvalue weighted by Gasteiger charge is -2.05. The van der Waals surface area contributed by atoms with Crippen molar-refractivity contribution in [1.29, 1.82) is 0 Å². The molecular formula is C8H9Br2N. The minimum Gasteiger partial charge on any atom is -0.375 e. The molecule has 0 saturated carbocycles. The molecule has 60 valence electrons. The van der Waals surface area contributed by atoms with E-state index in [4.69, 9.17) is 0 Å². The maximum absolute atomic E-state index is 3.41. The Morgan fingerprint density at radius 3 is 2.73 bits per heavy atom. The van der Waals surface area contributed by atoms with Gasteiger partial charge in [0.25, 0.3) is 0 Å². The zero-order valence-electron chi connectivity index (χ0n) is 6.20. The highest BCUT2D eigenvalue weighted by molar-refractivity contribution is 9.10. The summed E-state index contributed by atoms with van der Waals surface area (Å²) in [5, 5.41) is 3.20. The van der Waals surface area contributed by atoms with Gasteiger partial charge in [0.15, 0.2) is 0 Å². The highest BCUT2D eigenvalue weighted by Crippen LogP contribution is 2.19. The van der Waals surface area contributed by atoms with Gasteiger partial charge in [0.05, 0.1) is 5.45 Å². The van der Waals surface area contributed by atoms with Crippen LogP contribution < -0.4 is 5.32 Å². The number of hydrogen-bond acceptors (Lipinski definition) is 1. The number of anilines is 1. The van der Waals surface area contributed by atoms with E-state index in [1.807, 2.05) is 6.07 Å². The van der Waals surface area contributed by atoms with Gasteiger partial charge in [-0.3, -0.25) is 0 Å². The molecule has 0 fully saturated rings. The Morgan fingerprint density at radius 1 is 1.45 bits per heavy atom. The maximum Gasteiger partial charge on any atom is 0.0707 e. The molecule has 1 rings (SSSR count). The molecule has 0 heterocycles. The molecule has 0 aromatic heterocycles. The topological polar surface area (TPSA) is 12.0 Å². The quantitative estimate of drug-likeness (QED) is 0.645. The van der Waals surface area contributed by atoms with Crippen LogP contribution in [0, 0.1) is 6.92 Å². The van der Waals surface area contributed by atoms with Crippen molar-refractivity contribution in [3.8, 4) is 0 Å². The third-order valence-electron chi connectivity index (χ3n) is 1.45. The maximum atomic E-state index is 3.41. The van der Waals surface area contributed by atoms with Crippen LogP contribution in [0.5, 0.6) is 0 Å². The molecule has 1 nitrogen and oxygen atoms in total. The Bertz CT molecular complexity index is 248. The molecule has 0 aliphatic carbocycles. The molecule has 0 amide bonds. The number of hydrogen-bond donors (Lipinski definition) is 1. The average Bonchev–Trinajstić information content (AvgIpc) is 1.95. The lowest BCUT2D eigenvalue weighted by Crippen LogP contribution is -1.95. The van der Waals surface area contributed by atoms with Crippen molar-refractivity contribution in [2.24, 2.45) is 0 Å². The summed E-state index contributed by atoms with van der Waals surface area (Å²) in [4.78, 5) is 0. The van der Waals surface area contributed by atoms with Gasteiger partial charge in [-0.05, 0) is 30.7 Å². The Hall–Kier alpha value is -0.0200. The van der Waals surface area contributed by atoms with Gasteiger partial charge < -0.3 is 5.32 Å². The molecule has 3 heteroatoms. The molecule has 0 spiro atoms. The molecule has 1 N–H and O–H groups in total. The zero-order chi connectivity index (χ0) is 8.27. The van der Waals surface area contributed by atoms with E-state index >= 15 is 0 Å². The van der Waals surface area contributed by atoms with Crippen molar-refractivity contribution >= 4 is 37.5 Å². The van der Waals surface area contributed by atoms with E-state index in [0.717, 1.165) is 9.93 Å². The fourth-order valence-corrected chi connectivity index (χ4v) is 1.68. The predicted molar refractivity (Wildman–Crippen MR) is 56.3 cm³/mol. The van der Waals surface area contributed by atoms with Crippen LogP contribution in [0.3, 0.4) is 0 Å². The molecule has 0 radical (unpaired) electrons. The van der Waals surface area contributed by atoms with Gasteiger partial charge >= 0.3 is 0 Å². The highest BCUT2D eigenvalue weighted by atomic mass is 79.9. The second kappa shape index (κ2) is 4.12. The van der Waals surface area contributed by atoms with Crippen LogP contribution >= 0.6 is 31.9 Å². The standard InChI is InChI=1S/C8H9Br2N/c1-6-4-7(10)2-3-8(6)11-5-9/h2-4,11H,5H2,1H3. The summed E-state index contributed by atoms with van der Waals surface area (Å²) in [7, 11) is 0. The molecule has 0 bridgehead atoms. The number of rotatable bonds is 2. The van der Waals surface area contributed by atoms with Gasteiger partial charge in [-0.15, -0.1) is 0 Å². The monoisotopic (exact) mass is 277 g/mol. The van der Waals surface area contributed by atoms with E-state index in [1.54, 1.807) is 0 Å². The molecule has 0 saturated heterocycles. The molecule has 1 aromatic carbocycles. The van der Waals surface area contributed by atoms with Crippen LogP contribution in [0.25, 0.3) is 0 Å². The highest BCUT2D eigenvalue weighted by Gasteiger charge is 1.95. The number of benzene rings is 1. The lowest BCUT2D eigenvalue weighted by molar-refractivity contribution is 1.38. The smallest absolute Gasteiger partial charge is 0.0707 e. The first-order chi connectivity index (χ1) is 5.24. The van der Waals surface area contributed by atoms with E-state index < -0.39 is 0 Å². The van der Waals surface area contributed by atoms with Gasteiger partial charge in [0.1, 0.15) is 0 Å². The van der Waals surface area contributed by atoms with E-state index in [-0.39, 0.29) is 0 Å².